The fourth-order valence-electron chi connectivity index (χ4n) is 2.86. The van der Waals surface area contributed by atoms with Gasteiger partial charge in [-0.1, -0.05) is 6.42 Å². The van der Waals surface area contributed by atoms with Crippen LogP contribution in [0.4, 0.5) is 9.52 Å². The van der Waals surface area contributed by atoms with Crippen molar-refractivity contribution in [2.24, 2.45) is 0 Å². The van der Waals surface area contributed by atoms with Gasteiger partial charge >= 0.3 is 0 Å². The maximum Gasteiger partial charge on any atom is 0.245 e. The normalized spacial score (nSPS) is 15.1. The molecular weight excluding hydrogens is 341 g/mol. The number of aromatic nitrogens is 1. The monoisotopic (exact) mass is 361 g/mol. The molecule has 0 spiro atoms. The van der Waals surface area contributed by atoms with Gasteiger partial charge in [0, 0.05) is 23.4 Å². The molecule has 1 aromatic carbocycles. The second-order valence-corrected chi connectivity index (χ2v) is 7.31. The molecule has 1 N–H and O–H groups in total. The molecule has 0 bridgehead atoms. The van der Waals surface area contributed by atoms with Crippen LogP contribution in [0.25, 0.3) is 11.3 Å². The molecule has 0 saturated carbocycles. The molecule has 1 saturated heterocycles. The van der Waals surface area contributed by atoms with Gasteiger partial charge in [0.05, 0.1) is 12.2 Å². The van der Waals surface area contributed by atoms with Crippen LogP contribution >= 0.6 is 11.3 Å². The third-order valence-corrected chi connectivity index (χ3v) is 5.05. The fourth-order valence-corrected chi connectivity index (χ4v) is 3.72. The van der Waals surface area contributed by atoms with Crippen molar-refractivity contribution < 1.29 is 14.0 Å². The fraction of sp³-hybridized carbons (Fsp3) is 0.389. The number of amides is 2. The Morgan fingerprint density at radius 3 is 2.80 bits per heavy atom. The first kappa shape index (κ1) is 17.5. The van der Waals surface area contributed by atoms with E-state index in [0.717, 1.165) is 35.4 Å². The first-order valence-corrected chi connectivity index (χ1v) is 9.15. The van der Waals surface area contributed by atoms with Gasteiger partial charge in [-0.05, 0) is 44.0 Å². The highest BCUT2D eigenvalue weighted by Crippen LogP contribution is 2.30. The molecule has 2 heterocycles. The molecule has 7 heteroatoms. The number of halogens is 1. The van der Waals surface area contributed by atoms with E-state index in [-0.39, 0.29) is 24.2 Å². The Hall–Kier alpha value is -2.28. The van der Waals surface area contributed by atoms with Gasteiger partial charge in [0.25, 0.3) is 0 Å². The minimum Gasteiger partial charge on any atom is -0.333 e. The second kappa shape index (κ2) is 7.74. The Morgan fingerprint density at radius 1 is 1.28 bits per heavy atom. The van der Waals surface area contributed by atoms with Gasteiger partial charge in [-0.2, -0.15) is 0 Å². The van der Waals surface area contributed by atoms with Gasteiger partial charge in [-0.25, -0.2) is 9.37 Å². The van der Waals surface area contributed by atoms with E-state index in [1.54, 1.807) is 17.0 Å². The average molecular weight is 361 g/mol. The van der Waals surface area contributed by atoms with E-state index in [4.69, 9.17) is 0 Å². The average Bonchev–Trinajstić information content (AvgIpc) is 2.81. The van der Waals surface area contributed by atoms with Crippen LogP contribution in [0.1, 0.15) is 30.6 Å². The SMILES string of the molecule is Cc1sc(NC(=O)CN2CCCCCC2=O)nc1-c1ccc(F)cc1. The summed E-state index contributed by atoms with van der Waals surface area (Å²) in [6.45, 7) is 2.59. The Kier molecular flexibility index (Phi) is 5.43. The number of anilines is 1. The number of aryl methyl sites for hydroxylation is 1. The van der Waals surface area contributed by atoms with Crippen LogP contribution in [0.15, 0.2) is 24.3 Å². The van der Waals surface area contributed by atoms with Crippen LogP contribution < -0.4 is 5.32 Å². The molecule has 0 radical (unpaired) electrons. The maximum absolute atomic E-state index is 13.1. The van der Waals surface area contributed by atoms with Crippen LogP contribution in [-0.4, -0.2) is 34.8 Å². The molecule has 1 aromatic heterocycles. The van der Waals surface area contributed by atoms with E-state index >= 15 is 0 Å². The van der Waals surface area contributed by atoms with Crippen LogP contribution in [0.3, 0.4) is 0 Å². The first-order valence-electron chi connectivity index (χ1n) is 8.34. The number of rotatable bonds is 4. The zero-order valence-electron chi connectivity index (χ0n) is 14.0. The third-order valence-electron chi connectivity index (χ3n) is 4.17. The number of hydrogen-bond acceptors (Lipinski definition) is 4. The van der Waals surface area contributed by atoms with Crippen LogP contribution in [0.5, 0.6) is 0 Å². The lowest BCUT2D eigenvalue weighted by Crippen LogP contribution is -2.37. The summed E-state index contributed by atoms with van der Waals surface area (Å²) in [6, 6.07) is 6.10. The number of carbonyl (C=O) groups is 2. The van der Waals surface area contributed by atoms with Gasteiger partial charge in [-0.15, -0.1) is 11.3 Å². The highest BCUT2D eigenvalue weighted by atomic mass is 32.1. The van der Waals surface area contributed by atoms with Crippen LogP contribution in [0, 0.1) is 12.7 Å². The van der Waals surface area contributed by atoms with Crippen molar-refractivity contribution in [3.05, 3.63) is 35.0 Å². The third kappa shape index (κ3) is 4.42. The lowest BCUT2D eigenvalue weighted by Gasteiger charge is -2.19. The summed E-state index contributed by atoms with van der Waals surface area (Å²) in [6.07, 6.45) is 3.36. The molecule has 2 amide bonds. The van der Waals surface area contributed by atoms with E-state index in [0.29, 0.717) is 18.1 Å². The number of hydrogen-bond donors (Lipinski definition) is 1. The summed E-state index contributed by atoms with van der Waals surface area (Å²) < 4.78 is 13.1. The molecule has 0 atom stereocenters. The van der Waals surface area contributed by atoms with Crippen LogP contribution in [0.2, 0.25) is 0 Å². The van der Waals surface area contributed by atoms with Crippen molar-refractivity contribution >= 4 is 28.3 Å². The maximum atomic E-state index is 13.1. The van der Waals surface area contributed by atoms with Gasteiger partial charge in [0.1, 0.15) is 5.82 Å². The van der Waals surface area contributed by atoms with Gasteiger partial charge in [0.15, 0.2) is 5.13 Å². The van der Waals surface area contributed by atoms with E-state index < -0.39 is 0 Å². The standard InChI is InChI=1S/C18H20FN3O2S/c1-12-17(13-6-8-14(19)9-7-13)21-18(25-12)20-15(23)11-22-10-4-2-3-5-16(22)24/h6-9H,2-5,10-11H2,1H3,(H,20,21,23). The minimum absolute atomic E-state index is 0.0370. The molecule has 1 aliphatic heterocycles. The first-order chi connectivity index (χ1) is 12.0. The highest BCUT2D eigenvalue weighted by molar-refractivity contribution is 7.16. The van der Waals surface area contributed by atoms with Crippen molar-refractivity contribution in [1.82, 2.24) is 9.88 Å². The smallest absolute Gasteiger partial charge is 0.245 e. The van der Waals surface area contributed by atoms with Crippen molar-refractivity contribution in [3.8, 4) is 11.3 Å². The van der Waals surface area contributed by atoms with Gasteiger partial charge < -0.3 is 10.2 Å². The molecule has 25 heavy (non-hydrogen) atoms. The number of likely N-dealkylation sites (tertiary alicyclic amines) is 1. The van der Waals surface area contributed by atoms with E-state index in [1.165, 1.54) is 23.5 Å². The topological polar surface area (TPSA) is 62.3 Å². The number of nitrogens with zero attached hydrogens (tertiary/aromatic N) is 2. The predicted octanol–water partition coefficient (Wildman–Crippen LogP) is 3.60. The summed E-state index contributed by atoms with van der Waals surface area (Å²) >= 11 is 1.37. The van der Waals surface area contributed by atoms with E-state index in [1.807, 2.05) is 6.92 Å². The quantitative estimate of drug-likeness (QED) is 0.905. The Balaban J connectivity index is 1.66. The lowest BCUT2D eigenvalue weighted by molar-refractivity contribution is -0.134. The Morgan fingerprint density at radius 2 is 2.04 bits per heavy atom. The molecule has 1 fully saturated rings. The van der Waals surface area contributed by atoms with Crippen molar-refractivity contribution in [3.63, 3.8) is 0 Å². The lowest BCUT2D eigenvalue weighted by atomic mass is 10.1. The van der Waals surface area contributed by atoms with Crippen LogP contribution in [-0.2, 0) is 9.59 Å². The zero-order chi connectivity index (χ0) is 17.8. The minimum atomic E-state index is -0.299. The number of thiazole rings is 1. The molecule has 0 aliphatic carbocycles. The van der Waals surface area contributed by atoms with Gasteiger partial charge in [0.2, 0.25) is 11.8 Å². The van der Waals surface area contributed by atoms with Gasteiger partial charge in [-0.3, -0.25) is 9.59 Å². The number of benzene rings is 1. The highest BCUT2D eigenvalue weighted by Gasteiger charge is 2.20. The molecular formula is C18H20FN3O2S. The molecule has 2 aromatic rings. The Labute approximate surface area is 149 Å². The summed E-state index contributed by atoms with van der Waals surface area (Å²) in [4.78, 5) is 31.2. The number of carbonyl (C=O) groups excluding carboxylic acids is 2. The Bertz CT molecular complexity index is 773. The largest absolute Gasteiger partial charge is 0.333 e. The summed E-state index contributed by atoms with van der Waals surface area (Å²) in [5.41, 5.74) is 1.53. The predicted molar refractivity (Wildman–Crippen MR) is 95.9 cm³/mol. The van der Waals surface area contributed by atoms with E-state index in [9.17, 15) is 14.0 Å². The zero-order valence-corrected chi connectivity index (χ0v) is 14.9. The van der Waals surface area contributed by atoms with Crippen molar-refractivity contribution in [1.29, 1.82) is 0 Å². The van der Waals surface area contributed by atoms with E-state index in [2.05, 4.69) is 10.3 Å². The second-order valence-electron chi connectivity index (χ2n) is 6.10. The van der Waals surface area contributed by atoms with Crippen molar-refractivity contribution in [2.45, 2.75) is 32.6 Å². The molecule has 0 unspecified atom stereocenters. The molecule has 3 rings (SSSR count). The summed E-state index contributed by atoms with van der Waals surface area (Å²) in [5, 5.41) is 3.26. The molecule has 132 valence electrons. The molecule has 1 aliphatic rings. The summed E-state index contributed by atoms with van der Waals surface area (Å²) in [7, 11) is 0. The summed E-state index contributed by atoms with van der Waals surface area (Å²) in [5.74, 6) is -0.503. The molecule has 5 nitrogen and oxygen atoms in total. The van der Waals surface area contributed by atoms with Crippen molar-refractivity contribution in [2.75, 3.05) is 18.4 Å². The number of nitrogens with one attached hydrogen (secondary N) is 1.